The molecule has 0 heterocycles. The summed E-state index contributed by atoms with van der Waals surface area (Å²) < 4.78 is 5.40. The summed E-state index contributed by atoms with van der Waals surface area (Å²) in [5, 5.41) is 11.7. The van der Waals surface area contributed by atoms with Crippen molar-refractivity contribution in [3.05, 3.63) is 65.7 Å². The quantitative estimate of drug-likeness (QED) is 0.589. The normalized spacial score (nSPS) is 11.4. The molecule has 0 saturated carbocycles. The van der Waals surface area contributed by atoms with Gasteiger partial charge in [-0.1, -0.05) is 30.3 Å². The van der Waals surface area contributed by atoms with E-state index in [1.807, 2.05) is 30.3 Å². The van der Waals surface area contributed by atoms with Crippen LogP contribution >= 0.6 is 0 Å². The van der Waals surface area contributed by atoms with Gasteiger partial charge in [-0.05, 0) is 42.7 Å². The molecule has 4 N–H and O–H groups in total. The predicted octanol–water partition coefficient (Wildman–Crippen LogP) is 1.76. The molecule has 2 aromatic carbocycles. The van der Waals surface area contributed by atoms with E-state index in [2.05, 4.69) is 5.32 Å². The van der Waals surface area contributed by atoms with E-state index in [0.29, 0.717) is 24.2 Å². The maximum absolute atomic E-state index is 12.2. The number of aliphatic carboxylic acids is 1. The first-order valence-electron chi connectivity index (χ1n) is 8.52. The number of hydrogen-bond acceptors (Lipinski definition) is 4. The third kappa shape index (κ3) is 7.19. The Morgan fingerprint density at radius 2 is 1.70 bits per heavy atom. The van der Waals surface area contributed by atoms with Crippen LogP contribution in [0.2, 0.25) is 0 Å². The number of ether oxygens (including phenoxy) is 1. The zero-order valence-electron chi connectivity index (χ0n) is 14.8. The minimum absolute atomic E-state index is 0.0345. The van der Waals surface area contributed by atoms with Gasteiger partial charge in [-0.3, -0.25) is 14.4 Å². The Hall–Kier alpha value is -3.35. The lowest BCUT2D eigenvalue weighted by molar-refractivity contribution is -0.137. The number of amides is 2. The van der Waals surface area contributed by atoms with Gasteiger partial charge in [-0.2, -0.15) is 0 Å². The molecule has 2 aromatic rings. The van der Waals surface area contributed by atoms with Crippen molar-refractivity contribution >= 4 is 17.8 Å². The van der Waals surface area contributed by atoms with Crippen molar-refractivity contribution in [3.63, 3.8) is 0 Å². The molecule has 142 valence electrons. The molecule has 7 nitrogen and oxygen atoms in total. The van der Waals surface area contributed by atoms with Gasteiger partial charge in [0.05, 0.1) is 0 Å². The molecule has 0 aliphatic carbocycles. The van der Waals surface area contributed by atoms with E-state index in [1.165, 1.54) is 12.1 Å². The monoisotopic (exact) mass is 370 g/mol. The maximum Gasteiger partial charge on any atom is 0.303 e. The molecule has 27 heavy (non-hydrogen) atoms. The largest absolute Gasteiger partial charge is 0.484 e. The van der Waals surface area contributed by atoms with Crippen LogP contribution in [0.4, 0.5) is 0 Å². The average molecular weight is 370 g/mol. The standard InChI is InChI=1S/C20H22N2O5/c21-20(26)15-6-9-17(10-7-15)27-13-18(23)22-16(8-11-19(24)25)12-14-4-2-1-3-5-14/h1-7,9-10,16H,8,11-13H2,(H2,21,26)(H,22,23)(H,24,25). The Morgan fingerprint density at radius 3 is 2.30 bits per heavy atom. The second kappa shape index (κ2) is 9.96. The molecule has 0 aliphatic rings. The summed E-state index contributed by atoms with van der Waals surface area (Å²) in [6, 6.07) is 15.4. The van der Waals surface area contributed by atoms with Gasteiger partial charge in [0.25, 0.3) is 5.91 Å². The van der Waals surface area contributed by atoms with Gasteiger partial charge in [0.1, 0.15) is 5.75 Å². The molecule has 0 spiro atoms. The lowest BCUT2D eigenvalue weighted by Crippen LogP contribution is -2.39. The van der Waals surface area contributed by atoms with E-state index >= 15 is 0 Å². The zero-order valence-corrected chi connectivity index (χ0v) is 14.8. The van der Waals surface area contributed by atoms with Crippen LogP contribution < -0.4 is 15.8 Å². The number of rotatable bonds is 10. The maximum atomic E-state index is 12.2. The smallest absolute Gasteiger partial charge is 0.303 e. The molecule has 0 saturated heterocycles. The van der Waals surface area contributed by atoms with E-state index < -0.39 is 11.9 Å². The molecular formula is C20H22N2O5. The number of nitrogens with one attached hydrogen (secondary N) is 1. The van der Waals surface area contributed by atoms with Gasteiger partial charge in [0.2, 0.25) is 5.91 Å². The number of hydrogen-bond donors (Lipinski definition) is 3. The molecule has 0 aliphatic heterocycles. The third-order valence-corrected chi connectivity index (χ3v) is 3.91. The average Bonchev–Trinajstić information content (AvgIpc) is 2.65. The van der Waals surface area contributed by atoms with Crippen LogP contribution in [0.15, 0.2) is 54.6 Å². The SMILES string of the molecule is NC(=O)c1ccc(OCC(=O)NC(CCC(=O)O)Cc2ccccc2)cc1. The Bertz CT molecular complexity index is 775. The third-order valence-electron chi connectivity index (χ3n) is 3.91. The molecule has 0 bridgehead atoms. The first-order valence-corrected chi connectivity index (χ1v) is 8.52. The van der Waals surface area contributed by atoms with Gasteiger partial charge in [-0.15, -0.1) is 0 Å². The molecule has 0 aromatic heterocycles. The molecule has 1 unspecified atom stereocenters. The van der Waals surface area contributed by atoms with Crippen molar-refractivity contribution in [2.75, 3.05) is 6.61 Å². The number of carboxylic acid groups (broad SMARTS) is 1. The zero-order chi connectivity index (χ0) is 19.6. The highest BCUT2D eigenvalue weighted by Crippen LogP contribution is 2.12. The summed E-state index contributed by atoms with van der Waals surface area (Å²) >= 11 is 0. The van der Waals surface area contributed by atoms with Crippen molar-refractivity contribution in [1.82, 2.24) is 5.32 Å². The van der Waals surface area contributed by atoms with Gasteiger partial charge in [-0.25, -0.2) is 0 Å². The lowest BCUT2D eigenvalue weighted by atomic mass is 10.0. The Balaban J connectivity index is 1.89. The van der Waals surface area contributed by atoms with E-state index in [4.69, 9.17) is 15.6 Å². The van der Waals surface area contributed by atoms with Crippen LogP contribution in [-0.4, -0.2) is 35.5 Å². The molecule has 0 radical (unpaired) electrons. The fourth-order valence-electron chi connectivity index (χ4n) is 2.56. The number of carbonyl (C=O) groups excluding carboxylic acids is 2. The fourth-order valence-corrected chi connectivity index (χ4v) is 2.56. The molecule has 0 fully saturated rings. The first kappa shape index (κ1) is 20.0. The summed E-state index contributed by atoms with van der Waals surface area (Å²) in [6.07, 6.45) is 0.823. The molecule has 7 heteroatoms. The summed E-state index contributed by atoms with van der Waals surface area (Å²) in [4.78, 5) is 34.1. The predicted molar refractivity (Wildman–Crippen MR) is 99.4 cm³/mol. The van der Waals surface area contributed by atoms with Crippen molar-refractivity contribution in [2.45, 2.75) is 25.3 Å². The Kier molecular flexibility index (Phi) is 7.37. The molecule has 2 rings (SSSR count). The molecule has 1 atom stereocenters. The van der Waals surface area contributed by atoms with Crippen molar-refractivity contribution in [1.29, 1.82) is 0 Å². The highest BCUT2D eigenvalue weighted by molar-refractivity contribution is 5.92. The van der Waals surface area contributed by atoms with Crippen molar-refractivity contribution in [3.8, 4) is 5.75 Å². The number of carbonyl (C=O) groups is 3. The molecular weight excluding hydrogens is 348 g/mol. The van der Waals surface area contributed by atoms with Gasteiger partial charge in [0, 0.05) is 18.0 Å². The van der Waals surface area contributed by atoms with Crippen LogP contribution in [0.25, 0.3) is 0 Å². The fraction of sp³-hybridized carbons (Fsp3) is 0.250. The number of benzene rings is 2. The summed E-state index contributed by atoms with van der Waals surface area (Å²) in [5.74, 6) is -1.37. The lowest BCUT2D eigenvalue weighted by Gasteiger charge is -2.18. The van der Waals surface area contributed by atoms with Gasteiger partial charge < -0.3 is 20.9 Å². The Morgan fingerprint density at radius 1 is 1.04 bits per heavy atom. The van der Waals surface area contributed by atoms with Gasteiger partial charge >= 0.3 is 5.97 Å². The Labute approximate surface area is 157 Å². The van der Waals surface area contributed by atoms with E-state index in [0.717, 1.165) is 5.56 Å². The van der Waals surface area contributed by atoms with E-state index in [1.54, 1.807) is 12.1 Å². The van der Waals surface area contributed by atoms with Crippen LogP contribution in [0.5, 0.6) is 5.75 Å². The first-order chi connectivity index (χ1) is 12.9. The van der Waals surface area contributed by atoms with E-state index in [-0.39, 0.29) is 25.0 Å². The summed E-state index contributed by atoms with van der Waals surface area (Å²) in [5.41, 5.74) is 6.53. The number of primary amides is 1. The van der Waals surface area contributed by atoms with E-state index in [9.17, 15) is 14.4 Å². The highest BCUT2D eigenvalue weighted by atomic mass is 16.5. The van der Waals surface area contributed by atoms with Crippen LogP contribution in [0.3, 0.4) is 0 Å². The summed E-state index contributed by atoms with van der Waals surface area (Å²) in [7, 11) is 0. The van der Waals surface area contributed by atoms with Crippen LogP contribution in [-0.2, 0) is 16.0 Å². The van der Waals surface area contributed by atoms with Crippen LogP contribution in [0.1, 0.15) is 28.8 Å². The topological polar surface area (TPSA) is 119 Å². The minimum atomic E-state index is -0.909. The second-order valence-corrected chi connectivity index (χ2v) is 6.06. The van der Waals surface area contributed by atoms with Crippen LogP contribution in [0, 0.1) is 0 Å². The molecule has 2 amide bonds. The van der Waals surface area contributed by atoms with Crippen molar-refractivity contribution in [2.24, 2.45) is 5.73 Å². The highest BCUT2D eigenvalue weighted by Gasteiger charge is 2.15. The second-order valence-electron chi connectivity index (χ2n) is 6.06. The van der Waals surface area contributed by atoms with Gasteiger partial charge in [0.15, 0.2) is 6.61 Å². The minimum Gasteiger partial charge on any atom is -0.484 e. The summed E-state index contributed by atoms with van der Waals surface area (Å²) in [6.45, 7) is -0.214. The number of nitrogens with two attached hydrogens (primary N) is 1. The van der Waals surface area contributed by atoms with Crippen molar-refractivity contribution < 1.29 is 24.2 Å². The number of carboxylic acids is 1.